The third-order valence-corrected chi connectivity index (χ3v) is 3.34. The van der Waals surface area contributed by atoms with Crippen LogP contribution in [0.25, 0.3) is 0 Å². The smallest absolute Gasteiger partial charge is 0.130 e. The molecule has 0 amide bonds. The van der Waals surface area contributed by atoms with Crippen molar-refractivity contribution in [3.8, 4) is 0 Å². The number of hydrogen-bond acceptors (Lipinski definition) is 3. The first-order valence-corrected chi connectivity index (χ1v) is 5.93. The average molecular weight is 329 g/mol. The number of rotatable bonds is 2. The van der Waals surface area contributed by atoms with E-state index in [2.05, 4.69) is 32.9 Å². The molecule has 1 aromatic carbocycles. The van der Waals surface area contributed by atoms with Crippen LogP contribution in [0.5, 0.6) is 0 Å². The van der Waals surface area contributed by atoms with Gasteiger partial charge in [-0.25, -0.2) is 4.68 Å². The van der Waals surface area contributed by atoms with Gasteiger partial charge in [0.1, 0.15) is 5.60 Å². The van der Waals surface area contributed by atoms with Crippen molar-refractivity contribution in [1.82, 2.24) is 15.0 Å². The van der Waals surface area contributed by atoms with Gasteiger partial charge < -0.3 is 5.11 Å². The van der Waals surface area contributed by atoms with Gasteiger partial charge in [0, 0.05) is 10.6 Å². The van der Waals surface area contributed by atoms with E-state index >= 15 is 0 Å². The van der Waals surface area contributed by atoms with Crippen LogP contribution in [0.15, 0.2) is 30.5 Å². The fourth-order valence-corrected chi connectivity index (χ4v) is 2.01. The van der Waals surface area contributed by atoms with Gasteiger partial charge in [0.05, 0.1) is 11.9 Å². The molecule has 0 radical (unpaired) electrons. The van der Waals surface area contributed by atoms with Crippen molar-refractivity contribution in [2.24, 2.45) is 7.05 Å². The quantitative estimate of drug-likeness (QED) is 0.853. The van der Waals surface area contributed by atoms with E-state index in [-0.39, 0.29) is 0 Å². The van der Waals surface area contributed by atoms with Gasteiger partial charge in [0.2, 0.25) is 0 Å². The summed E-state index contributed by atoms with van der Waals surface area (Å²) in [7, 11) is 1.77. The Labute approximate surface area is 107 Å². The molecule has 84 valence electrons. The van der Waals surface area contributed by atoms with E-state index in [0.717, 1.165) is 9.13 Å². The van der Waals surface area contributed by atoms with Crippen molar-refractivity contribution in [2.75, 3.05) is 0 Å². The van der Waals surface area contributed by atoms with E-state index < -0.39 is 5.60 Å². The Kier molecular flexibility index (Phi) is 2.98. The molecule has 1 unspecified atom stereocenters. The second kappa shape index (κ2) is 4.14. The van der Waals surface area contributed by atoms with E-state index in [1.54, 1.807) is 24.9 Å². The number of hydrogen-bond donors (Lipinski definition) is 1. The minimum Gasteiger partial charge on any atom is -0.379 e. The van der Waals surface area contributed by atoms with Gasteiger partial charge in [-0.1, -0.05) is 17.3 Å². The second-order valence-corrected chi connectivity index (χ2v) is 5.07. The predicted molar refractivity (Wildman–Crippen MR) is 68.8 cm³/mol. The number of nitrogens with zero attached hydrogens (tertiary/aromatic N) is 3. The van der Waals surface area contributed by atoms with Crippen LogP contribution in [-0.2, 0) is 12.6 Å². The molecular formula is C11H12IN3O. The first kappa shape index (κ1) is 11.5. The topological polar surface area (TPSA) is 50.9 Å². The zero-order valence-corrected chi connectivity index (χ0v) is 11.2. The Morgan fingerprint density at radius 1 is 1.31 bits per heavy atom. The zero-order valence-electron chi connectivity index (χ0n) is 9.05. The third kappa shape index (κ3) is 1.97. The Hall–Kier alpha value is -0.950. The first-order chi connectivity index (χ1) is 7.51. The maximum Gasteiger partial charge on any atom is 0.130 e. The molecule has 16 heavy (non-hydrogen) atoms. The van der Waals surface area contributed by atoms with Gasteiger partial charge in [-0.3, -0.25) is 0 Å². The lowest BCUT2D eigenvalue weighted by molar-refractivity contribution is 0.0929. The van der Waals surface area contributed by atoms with Crippen LogP contribution in [0.1, 0.15) is 18.2 Å². The standard InChI is InChI=1S/C11H12IN3O/c1-11(16,10-7-13-14-15(10)2)8-3-5-9(12)6-4-8/h3-7,16H,1-2H3. The Balaban J connectivity index is 2.46. The van der Waals surface area contributed by atoms with Crippen LogP contribution in [0, 0.1) is 3.57 Å². The predicted octanol–water partition coefficient (Wildman–Crippen LogP) is 1.68. The molecule has 1 atom stereocenters. The molecule has 5 heteroatoms. The molecule has 0 spiro atoms. The molecule has 1 aromatic heterocycles. The lowest BCUT2D eigenvalue weighted by Gasteiger charge is -2.23. The van der Waals surface area contributed by atoms with Crippen LogP contribution in [0.2, 0.25) is 0 Å². The summed E-state index contributed by atoms with van der Waals surface area (Å²) in [5.74, 6) is 0. The highest BCUT2D eigenvalue weighted by Crippen LogP contribution is 2.28. The summed E-state index contributed by atoms with van der Waals surface area (Å²) < 4.78 is 2.72. The number of aromatic nitrogens is 3. The van der Waals surface area contributed by atoms with E-state index in [1.807, 2.05) is 24.3 Å². The van der Waals surface area contributed by atoms with Gasteiger partial charge in [-0.2, -0.15) is 0 Å². The highest BCUT2D eigenvalue weighted by atomic mass is 127. The lowest BCUT2D eigenvalue weighted by atomic mass is 9.93. The normalized spacial score (nSPS) is 14.8. The van der Waals surface area contributed by atoms with Crippen molar-refractivity contribution in [1.29, 1.82) is 0 Å². The minimum atomic E-state index is -1.07. The Bertz CT molecular complexity index is 490. The minimum absolute atomic E-state index is 0.675. The van der Waals surface area contributed by atoms with Crippen LogP contribution in [-0.4, -0.2) is 20.1 Å². The number of aryl methyl sites for hydroxylation is 1. The van der Waals surface area contributed by atoms with Crippen LogP contribution < -0.4 is 0 Å². The largest absolute Gasteiger partial charge is 0.379 e. The van der Waals surface area contributed by atoms with Crippen LogP contribution in [0.3, 0.4) is 0 Å². The van der Waals surface area contributed by atoms with Crippen molar-refractivity contribution in [3.05, 3.63) is 45.3 Å². The summed E-state index contributed by atoms with van der Waals surface area (Å²) in [6, 6.07) is 7.76. The molecule has 0 fully saturated rings. The molecule has 0 aliphatic rings. The van der Waals surface area contributed by atoms with Gasteiger partial charge >= 0.3 is 0 Å². The highest BCUT2D eigenvalue weighted by molar-refractivity contribution is 14.1. The summed E-state index contributed by atoms with van der Waals surface area (Å²) in [5, 5.41) is 18.1. The Morgan fingerprint density at radius 3 is 2.44 bits per heavy atom. The van der Waals surface area contributed by atoms with E-state index in [1.165, 1.54) is 0 Å². The molecule has 0 saturated carbocycles. The van der Waals surface area contributed by atoms with E-state index in [4.69, 9.17) is 0 Å². The van der Waals surface area contributed by atoms with Crippen LogP contribution in [0.4, 0.5) is 0 Å². The molecule has 1 N–H and O–H groups in total. The monoisotopic (exact) mass is 329 g/mol. The van der Waals surface area contributed by atoms with Crippen LogP contribution >= 0.6 is 22.6 Å². The maximum absolute atomic E-state index is 10.5. The van der Waals surface area contributed by atoms with E-state index in [0.29, 0.717) is 5.69 Å². The maximum atomic E-state index is 10.5. The van der Waals surface area contributed by atoms with Gasteiger partial charge in [-0.05, 0) is 47.2 Å². The fourth-order valence-electron chi connectivity index (χ4n) is 1.65. The van der Waals surface area contributed by atoms with Gasteiger partial charge in [0.25, 0.3) is 0 Å². The Morgan fingerprint density at radius 2 is 1.94 bits per heavy atom. The van der Waals surface area contributed by atoms with Crippen molar-refractivity contribution < 1.29 is 5.11 Å². The molecule has 2 aromatic rings. The molecule has 1 heterocycles. The SMILES string of the molecule is Cn1nncc1C(C)(O)c1ccc(I)cc1. The van der Waals surface area contributed by atoms with Gasteiger partial charge in [-0.15, -0.1) is 5.10 Å². The summed E-state index contributed by atoms with van der Waals surface area (Å²) >= 11 is 2.23. The van der Waals surface area contributed by atoms with Gasteiger partial charge in [0.15, 0.2) is 0 Å². The lowest BCUT2D eigenvalue weighted by Crippen LogP contribution is -2.26. The molecule has 0 saturated heterocycles. The number of halogens is 1. The molecule has 0 aliphatic heterocycles. The second-order valence-electron chi connectivity index (χ2n) is 3.82. The summed E-state index contributed by atoms with van der Waals surface area (Å²) in [6.45, 7) is 1.74. The molecule has 2 rings (SSSR count). The fraction of sp³-hybridized carbons (Fsp3) is 0.273. The molecule has 0 aliphatic carbocycles. The molecule has 4 nitrogen and oxygen atoms in total. The average Bonchev–Trinajstić information content (AvgIpc) is 2.66. The zero-order chi connectivity index (χ0) is 11.8. The first-order valence-electron chi connectivity index (χ1n) is 4.85. The number of benzene rings is 1. The van der Waals surface area contributed by atoms with E-state index in [9.17, 15) is 5.11 Å². The van der Waals surface area contributed by atoms with Crippen molar-refractivity contribution in [3.63, 3.8) is 0 Å². The highest BCUT2D eigenvalue weighted by Gasteiger charge is 2.29. The summed E-state index contributed by atoms with van der Waals surface area (Å²) in [4.78, 5) is 0. The summed E-state index contributed by atoms with van der Waals surface area (Å²) in [5.41, 5.74) is 0.440. The summed E-state index contributed by atoms with van der Waals surface area (Å²) in [6.07, 6.45) is 1.58. The molecule has 0 bridgehead atoms. The van der Waals surface area contributed by atoms with Crippen molar-refractivity contribution >= 4 is 22.6 Å². The molecular weight excluding hydrogens is 317 g/mol. The third-order valence-electron chi connectivity index (χ3n) is 2.62. The van der Waals surface area contributed by atoms with Crippen molar-refractivity contribution in [2.45, 2.75) is 12.5 Å². The number of aliphatic hydroxyl groups is 1.